The molecule has 1 saturated heterocycles. The van der Waals surface area contributed by atoms with Gasteiger partial charge in [-0.15, -0.1) is 0 Å². The van der Waals surface area contributed by atoms with Crippen molar-refractivity contribution in [3.63, 3.8) is 0 Å². The second-order valence-electron chi connectivity index (χ2n) is 5.81. The van der Waals surface area contributed by atoms with E-state index in [1.165, 1.54) is 10.4 Å². The summed E-state index contributed by atoms with van der Waals surface area (Å²) in [6.07, 6.45) is 0.702. The molecule has 118 valence electrons. The number of rotatable bonds is 4. The van der Waals surface area contributed by atoms with Gasteiger partial charge in [-0.25, -0.2) is 12.8 Å². The van der Waals surface area contributed by atoms with Gasteiger partial charge < -0.3 is 4.74 Å². The van der Waals surface area contributed by atoms with Crippen LogP contribution in [0.3, 0.4) is 0 Å². The Kier molecular flexibility index (Phi) is 5.35. The molecule has 1 atom stereocenters. The highest BCUT2D eigenvalue weighted by Crippen LogP contribution is 2.23. The number of hydrogen-bond acceptors (Lipinski definition) is 3. The van der Waals surface area contributed by atoms with Crippen LogP contribution in [0.1, 0.15) is 25.8 Å². The number of sulfonamides is 1. The first-order valence-electron chi connectivity index (χ1n) is 7.21. The van der Waals surface area contributed by atoms with Crippen LogP contribution in [0.4, 0.5) is 4.39 Å². The molecule has 0 aromatic heterocycles. The minimum absolute atomic E-state index is 0.0456. The van der Waals surface area contributed by atoms with E-state index in [2.05, 4.69) is 0 Å². The monoisotopic (exact) mass is 315 g/mol. The van der Waals surface area contributed by atoms with Gasteiger partial charge in [-0.05, 0) is 18.4 Å². The molecule has 1 fully saturated rings. The van der Waals surface area contributed by atoms with Crippen molar-refractivity contribution in [2.75, 3.05) is 19.0 Å². The van der Waals surface area contributed by atoms with Gasteiger partial charge in [0.05, 0.1) is 19.0 Å². The molecular weight excluding hydrogens is 293 g/mol. The third-order valence-corrected chi connectivity index (χ3v) is 5.41. The average molecular weight is 315 g/mol. The van der Waals surface area contributed by atoms with Crippen molar-refractivity contribution in [3.8, 4) is 0 Å². The number of ether oxygens (including phenoxy) is 1. The lowest BCUT2D eigenvalue weighted by molar-refractivity contribution is 0.0999. The molecular formula is C15H22FNO3S. The first-order chi connectivity index (χ1) is 9.90. The van der Waals surface area contributed by atoms with E-state index in [1.807, 2.05) is 13.8 Å². The van der Waals surface area contributed by atoms with Gasteiger partial charge in [0.2, 0.25) is 10.0 Å². The molecule has 4 nitrogen and oxygen atoms in total. The van der Waals surface area contributed by atoms with Crippen molar-refractivity contribution in [1.82, 2.24) is 4.31 Å². The Bertz CT molecular complexity index is 574. The Morgan fingerprint density at radius 2 is 2.10 bits per heavy atom. The van der Waals surface area contributed by atoms with E-state index in [0.29, 0.717) is 24.5 Å². The van der Waals surface area contributed by atoms with Gasteiger partial charge in [0.25, 0.3) is 0 Å². The van der Waals surface area contributed by atoms with E-state index >= 15 is 0 Å². The van der Waals surface area contributed by atoms with Crippen LogP contribution in [-0.4, -0.2) is 37.7 Å². The van der Waals surface area contributed by atoms with Gasteiger partial charge in [-0.1, -0.05) is 32.0 Å². The molecule has 0 aliphatic carbocycles. The predicted octanol–water partition coefficient (Wildman–Crippen LogP) is 2.40. The molecule has 0 bridgehead atoms. The largest absolute Gasteiger partial charge is 0.379 e. The highest BCUT2D eigenvalue weighted by Gasteiger charge is 2.33. The van der Waals surface area contributed by atoms with Crippen molar-refractivity contribution in [2.24, 2.45) is 5.92 Å². The maximum absolute atomic E-state index is 13.8. The summed E-state index contributed by atoms with van der Waals surface area (Å²) >= 11 is 0. The van der Waals surface area contributed by atoms with E-state index in [1.54, 1.807) is 18.2 Å². The quantitative estimate of drug-likeness (QED) is 0.857. The second kappa shape index (κ2) is 6.85. The highest BCUT2D eigenvalue weighted by molar-refractivity contribution is 7.89. The van der Waals surface area contributed by atoms with Crippen LogP contribution in [0.15, 0.2) is 24.3 Å². The number of nitrogens with zero attached hydrogens (tertiary/aromatic N) is 1. The number of halogens is 1. The van der Waals surface area contributed by atoms with Crippen molar-refractivity contribution in [3.05, 3.63) is 35.6 Å². The molecule has 0 N–H and O–H groups in total. The Balaban J connectivity index is 2.30. The Labute approximate surface area is 126 Å². The SMILES string of the molecule is CC(C)C[C@H]1COCCS(=O)(=O)N1Cc1ccccc1F. The first kappa shape index (κ1) is 16.4. The van der Waals surface area contributed by atoms with Gasteiger partial charge in [-0.3, -0.25) is 0 Å². The molecule has 1 aliphatic rings. The Morgan fingerprint density at radius 3 is 2.76 bits per heavy atom. The summed E-state index contributed by atoms with van der Waals surface area (Å²) in [6.45, 7) is 4.71. The van der Waals surface area contributed by atoms with Crippen LogP contribution in [0.25, 0.3) is 0 Å². The second-order valence-corrected chi connectivity index (χ2v) is 7.85. The van der Waals surface area contributed by atoms with Crippen molar-refractivity contribution >= 4 is 10.0 Å². The summed E-state index contributed by atoms with van der Waals surface area (Å²) < 4.78 is 45.5. The van der Waals surface area contributed by atoms with Crippen molar-refractivity contribution < 1.29 is 17.5 Å². The maximum atomic E-state index is 13.8. The topological polar surface area (TPSA) is 46.6 Å². The normalized spacial score (nSPS) is 23.1. The lowest BCUT2D eigenvalue weighted by atomic mass is 10.0. The lowest BCUT2D eigenvalue weighted by Gasteiger charge is -2.29. The zero-order valence-electron chi connectivity index (χ0n) is 12.5. The smallest absolute Gasteiger partial charge is 0.217 e. The van der Waals surface area contributed by atoms with Crippen LogP contribution >= 0.6 is 0 Å². The van der Waals surface area contributed by atoms with E-state index in [-0.39, 0.29) is 30.8 Å². The summed E-state index contributed by atoms with van der Waals surface area (Å²) in [6, 6.07) is 6.06. The summed E-state index contributed by atoms with van der Waals surface area (Å²) in [5.41, 5.74) is 0.400. The summed E-state index contributed by atoms with van der Waals surface area (Å²) in [4.78, 5) is 0. The van der Waals surface area contributed by atoms with Gasteiger partial charge in [0.15, 0.2) is 0 Å². The van der Waals surface area contributed by atoms with Gasteiger partial charge in [0, 0.05) is 18.2 Å². The molecule has 2 rings (SSSR count). The zero-order valence-corrected chi connectivity index (χ0v) is 13.3. The fraction of sp³-hybridized carbons (Fsp3) is 0.600. The molecule has 0 unspecified atom stereocenters. The minimum atomic E-state index is -3.43. The Morgan fingerprint density at radius 1 is 1.38 bits per heavy atom. The molecule has 0 radical (unpaired) electrons. The van der Waals surface area contributed by atoms with Crippen LogP contribution in [0, 0.1) is 11.7 Å². The predicted molar refractivity (Wildman–Crippen MR) is 79.8 cm³/mol. The summed E-state index contributed by atoms with van der Waals surface area (Å²) in [5.74, 6) is -0.0769. The van der Waals surface area contributed by atoms with Crippen LogP contribution in [-0.2, 0) is 21.3 Å². The number of benzene rings is 1. The van der Waals surface area contributed by atoms with Crippen molar-refractivity contribution in [2.45, 2.75) is 32.9 Å². The Hall–Kier alpha value is -0.980. The zero-order chi connectivity index (χ0) is 15.5. The van der Waals surface area contributed by atoms with E-state index in [9.17, 15) is 12.8 Å². The lowest BCUT2D eigenvalue weighted by Crippen LogP contribution is -2.42. The van der Waals surface area contributed by atoms with Gasteiger partial charge in [0.1, 0.15) is 5.82 Å². The highest BCUT2D eigenvalue weighted by atomic mass is 32.2. The van der Waals surface area contributed by atoms with E-state index < -0.39 is 10.0 Å². The maximum Gasteiger partial charge on any atom is 0.217 e. The molecule has 0 amide bonds. The van der Waals surface area contributed by atoms with Crippen LogP contribution in [0.5, 0.6) is 0 Å². The van der Waals surface area contributed by atoms with Gasteiger partial charge in [-0.2, -0.15) is 4.31 Å². The number of hydrogen-bond donors (Lipinski definition) is 0. The molecule has 6 heteroatoms. The van der Waals surface area contributed by atoms with Gasteiger partial charge >= 0.3 is 0 Å². The molecule has 0 spiro atoms. The summed E-state index contributed by atoms with van der Waals surface area (Å²) in [7, 11) is -3.43. The van der Waals surface area contributed by atoms with E-state index in [4.69, 9.17) is 4.74 Å². The first-order valence-corrected chi connectivity index (χ1v) is 8.81. The molecule has 0 saturated carbocycles. The van der Waals surface area contributed by atoms with Crippen LogP contribution in [0.2, 0.25) is 0 Å². The third-order valence-electron chi connectivity index (χ3n) is 3.59. The average Bonchev–Trinajstić information content (AvgIpc) is 2.53. The fourth-order valence-corrected chi connectivity index (χ4v) is 4.06. The standard InChI is InChI=1S/C15H22FNO3S/c1-12(2)9-14-11-20-7-8-21(18,19)17(14)10-13-5-3-4-6-15(13)16/h3-6,12,14H,7-11H2,1-2H3/t14-/m0/s1. The third kappa shape index (κ3) is 4.25. The van der Waals surface area contributed by atoms with Crippen LogP contribution < -0.4 is 0 Å². The minimum Gasteiger partial charge on any atom is -0.379 e. The fourth-order valence-electron chi connectivity index (χ4n) is 2.56. The molecule has 1 aliphatic heterocycles. The molecule has 1 aromatic carbocycles. The molecule has 21 heavy (non-hydrogen) atoms. The van der Waals surface area contributed by atoms with Crippen molar-refractivity contribution in [1.29, 1.82) is 0 Å². The molecule has 1 heterocycles. The molecule has 1 aromatic rings. The van der Waals surface area contributed by atoms with E-state index in [0.717, 1.165) is 0 Å². The summed E-state index contributed by atoms with van der Waals surface area (Å²) in [5, 5.41) is 0.